The molecule has 0 saturated carbocycles. The van der Waals surface area contributed by atoms with Gasteiger partial charge in [0.25, 0.3) is 5.91 Å². The molecule has 0 spiro atoms. The van der Waals surface area contributed by atoms with Gasteiger partial charge in [0.1, 0.15) is 5.84 Å². The first-order valence-corrected chi connectivity index (χ1v) is 10.8. The van der Waals surface area contributed by atoms with Crippen LogP contribution in [0.15, 0.2) is 74.1 Å². The molecule has 2 rings (SSSR count). The van der Waals surface area contributed by atoms with Crippen LogP contribution in [0.1, 0.15) is 56.5 Å². The summed E-state index contributed by atoms with van der Waals surface area (Å²) in [6.07, 6.45) is 10.1. The number of aliphatic imine (C=N–C) groups is 1. The fraction of sp³-hybridized carbons (Fsp3) is 0.292. The Bertz CT molecular complexity index is 1020. The maximum Gasteiger partial charge on any atom is 0.257 e. The Kier molecular flexibility index (Phi) is 9.28. The van der Waals surface area contributed by atoms with E-state index in [9.17, 15) is 4.79 Å². The zero-order valence-corrected chi connectivity index (χ0v) is 20.1. The van der Waals surface area contributed by atoms with E-state index >= 15 is 0 Å². The molecule has 7 heteroatoms. The van der Waals surface area contributed by atoms with Crippen molar-refractivity contribution in [2.75, 3.05) is 0 Å². The molecule has 0 saturated heterocycles. The number of hydrazone groups is 1. The van der Waals surface area contributed by atoms with E-state index in [4.69, 9.17) is 28.2 Å². The van der Waals surface area contributed by atoms with Crippen LogP contribution in [0.2, 0.25) is 0 Å². The SMILES string of the molecule is C/C=N\N(/C=C(/C)CC)/C(C)=N/c1ccc(C)cc1C(=O)NC1=CC=C(Cl)C=C(Cl)C1. The van der Waals surface area contributed by atoms with Crippen LogP contribution in [0.4, 0.5) is 5.69 Å². The number of hydrogen-bond donors (Lipinski definition) is 1. The topological polar surface area (TPSA) is 57.1 Å². The number of amides is 1. The number of allylic oxidation sites excluding steroid dienone is 6. The summed E-state index contributed by atoms with van der Waals surface area (Å²) < 4.78 is 0. The Morgan fingerprint density at radius 1 is 1.26 bits per heavy atom. The molecule has 164 valence electrons. The third kappa shape index (κ3) is 7.53. The maximum atomic E-state index is 13.1. The summed E-state index contributed by atoms with van der Waals surface area (Å²) in [6.45, 7) is 9.77. The van der Waals surface area contributed by atoms with Crippen molar-refractivity contribution >= 4 is 46.8 Å². The summed E-state index contributed by atoms with van der Waals surface area (Å²) in [7, 11) is 0. The normalized spacial score (nSPS) is 15.3. The van der Waals surface area contributed by atoms with Gasteiger partial charge in [-0.1, -0.05) is 47.3 Å². The monoisotopic (exact) mass is 458 g/mol. The number of amidine groups is 1. The van der Waals surface area contributed by atoms with Crippen LogP contribution >= 0.6 is 23.2 Å². The van der Waals surface area contributed by atoms with Crippen molar-refractivity contribution in [1.82, 2.24) is 10.3 Å². The lowest BCUT2D eigenvalue weighted by molar-refractivity contribution is 0.0966. The summed E-state index contributed by atoms with van der Waals surface area (Å²) in [6, 6.07) is 5.58. The summed E-state index contributed by atoms with van der Waals surface area (Å²) >= 11 is 12.2. The molecule has 0 atom stereocenters. The van der Waals surface area contributed by atoms with Gasteiger partial charge in [-0.25, -0.2) is 10.0 Å². The first kappa shape index (κ1) is 24.6. The van der Waals surface area contributed by atoms with Crippen LogP contribution in [-0.2, 0) is 0 Å². The van der Waals surface area contributed by atoms with Crippen molar-refractivity contribution in [1.29, 1.82) is 0 Å². The fourth-order valence-electron chi connectivity index (χ4n) is 2.76. The number of carbonyl (C=O) groups excluding carboxylic acids is 1. The first-order valence-electron chi connectivity index (χ1n) is 10.1. The van der Waals surface area contributed by atoms with E-state index in [1.165, 1.54) is 5.57 Å². The predicted octanol–water partition coefficient (Wildman–Crippen LogP) is 6.93. The van der Waals surface area contributed by atoms with Crippen molar-refractivity contribution in [2.24, 2.45) is 10.1 Å². The Morgan fingerprint density at radius 2 is 2.00 bits per heavy atom. The molecule has 1 aromatic carbocycles. The van der Waals surface area contributed by atoms with Crippen molar-refractivity contribution in [3.8, 4) is 0 Å². The van der Waals surface area contributed by atoms with Gasteiger partial charge in [0.2, 0.25) is 0 Å². The van der Waals surface area contributed by atoms with E-state index in [0.717, 1.165) is 12.0 Å². The molecule has 0 fully saturated rings. The molecule has 1 aliphatic carbocycles. The number of nitrogens with one attached hydrogen (secondary N) is 1. The molecule has 0 bridgehead atoms. The van der Waals surface area contributed by atoms with Crippen LogP contribution in [-0.4, -0.2) is 23.0 Å². The number of carbonyl (C=O) groups is 1. The Labute approximate surface area is 194 Å². The number of benzene rings is 1. The summed E-state index contributed by atoms with van der Waals surface area (Å²) in [5.74, 6) is 0.390. The molecule has 1 aromatic rings. The Balaban J connectivity index is 2.38. The second-order valence-electron chi connectivity index (χ2n) is 7.19. The van der Waals surface area contributed by atoms with Gasteiger partial charge in [0, 0.05) is 34.6 Å². The van der Waals surface area contributed by atoms with Gasteiger partial charge in [-0.15, -0.1) is 0 Å². The quantitative estimate of drug-likeness (QED) is 0.285. The highest BCUT2D eigenvalue weighted by Gasteiger charge is 2.15. The molecular formula is C24H28Cl2N4O. The lowest BCUT2D eigenvalue weighted by Crippen LogP contribution is -2.23. The lowest BCUT2D eigenvalue weighted by Gasteiger charge is -2.16. The number of rotatable bonds is 6. The molecule has 5 nitrogen and oxygen atoms in total. The minimum Gasteiger partial charge on any atom is -0.325 e. The molecule has 0 radical (unpaired) electrons. The van der Waals surface area contributed by atoms with Gasteiger partial charge >= 0.3 is 0 Å². The molecule has 0 aromatic heterocycles. The van der Waals surface area contributed by atoms with Crippen molar-refractivity contribution in [3.63, 3.8) is 0 Å². The minimum atomic E-state index is -0.261. The van der Waals surface area contributed by atoms with Gasteiger partial charge in [-0.05, 0) is 64.5 Å². The fourth-order valence-corrected chi connectivity index (χ4v) is 3.27. The molecule has 1 N–H and O–H groups in total. The third-order valence-corrected chi connectivity index (χ3v) is 5.00. The molecule has 31 heavy (non-hydrogen) atoms. The van der Waals surface area contributed by atoms with Gasteiger partial charge in [0.05, 0.1) is 11.3 Å². The lowest BCUT2D eigenvalue weighted by atomic mass is 10.1. The number of hydrogen-bond acceptors (Lipinski definition) is 3. The Morgan fingerprint density at radius 3 is 2.68 bits per heavy atom. The molecular weight excluding hydrogens is 431 g/mol. The van der Waals surface area contributed by atoms with E-state index in [1.54, 1.807) is 29.5 Å². The third-order valence-electron chi connectivity index (χ3n) is 4.52. The average Bonchev–Trinajstić information content (AvgIpc) is 2.88. The second kappa shape index (κ2) is 11.7. The predicted molar refractivity (Wildman–Crippen MR) is 132 cm³/mol. The van der Waals surface area contributed by atoms with E-state index in [-0.39, 0.29) is 5.91 Å². The molecule has 0 unspecified atom stereocenters. The van der Waals surface area contributed by atoms with E-state index in [1.807, 2.05) is 52.1 Å². The van der Waals surface area contributed by atoms with Crippen molar-refractivity contribution < 1.29 is 4.79 Å². The van der Waals surface area contributed by atoms with Crippen LogP contribution in [0.25, 0.3) is 0 Å². The van der Waals surface area contributed by atoms with E-state index in [0.29, 0.717) is 39.3 Å². The van der Waals surface area contributed by atoms with Crippen LogP contribution in [0, 0.1) is 6.92 Å². The second-order valence-corrected chi connectivity index (χ2v) is 8.11. The minimum absolute atomic E-state index is 0.261. The molecule has 1 amide bonds. The highest BCUT2D eigenvalue weighted by Crippen LogP contribution is 2.25. The van der Waals surface area contributed by atoms with E-state index in [2.05, 4.69) is 17.3 Å². The maximum absolute atomic E-state index is 13.1. The van der Waals surface area contributed by atoms with Crippen LogP contribution in [0.3, 0.4) is 0 Å². The average molecular weight is 459 g/mol. The van der Waals surface area contributed by atoms with Gasteiger partial charge < -0.3 is 5.32 Å². The molecule has 0 aliphatic heterocycles. The largest absolute Gasteiger partial charge is 0.325 e. The van der Waals surface area contributed by atoms with Gasteiger partial charge in [-0.3, -0.25) is 4.79 Å². The zero-order valence-electron chi connectivity index (χ0n) is 18.5. The standard InChI is InChI=1S/C24H28Cl2N4O/c1-6-16(3)15-30(27-7-2)18(5)28-23-11-8-17(4)12-22(23)24(31)29-21-10-9-19(25)13-20(26)14-21/h7-13,15H,6,14H2,1-5H3,(H,29,31)/b16-15-,27-7-,28-18+. The van der Waals surface area contributed by atoms with Crippen LogP contribution in [0.5, 0.6) is 0 Å². The number of halogens is 2. The van der Waals surface area contributed by atoms with E-state index < -0.39 is 0 Å². The molecule has 1 aliphatic rings. The summed E-state index contributed by atoms with van der Waals surface area (Å²) in [5, 5.41) is 10.1. The van der Waals surface area contributed by atoms with Gasteiger partial charge in [-0.2, -0.15) is 5.10 Å². The Hall–Kier alpha value is -2.63. The number of aryl methyl sites for hydroxylation is 1. The van der Waals surface area contributed by atoms with Crippen molar-refractivity contribution in [3.05, 3.63) is 75.1 Å². The highest BCUT2D eigenvalue weighted by molar-refractivity contribution is 6.34. The summed E-state index contributed by atoms with van der Waals surface area (Å²) in [4.78, 5) is 17.8. The van der Waals surface area contributed by atoms with Gasteiger partial charge in [0.15, 0.2) is 0 Å². The summed E-state index contributed by atoms with van der Waals surface area (Å²) in [5.41, 5.74) is 3.82. The number of nitrogens with zero attached hydrogens (tertiary/aromatic N) is 3. The zero-order chi connectivity index (χ0) is 23.0. The molecule has 0 heterocycles. The van der Waals surface area contributed by atoms with Crippen molar-refractivity contribution in [2.45, 2.75) is 47.5 Å². The van der Waals surface area contributed by atoms with Crippen LogP contribution < -0.4 is 5.32 Å². The highest BCUT2D eigenvalue weighted by atomic mass is 35.5. The smallest absolute Gasteiger partial charge is 0.257 e. The first-order chi connectivity index (χ1) is 14.7.